The van der Waals surface area contributed by atoms with E-state index in [2.05, 4.69) is 36.2 Å². The van der Waals surface area contributed by atoms with Crippen LogP contribution in [0.4, 0.5) is 5.69 Å². The average molecular weight is 222 g/mol. The molecular formula is C15H14N2. The zero-order valence-corrected chi connectivity index (χ0v) is 9.77. The number of nitrogen functional groups attached to an aromatic ring is 1. The predicted octanol–water partition coefficient (Wildman–Crippen LogP) is 3.53. The molecular weight excluding hydrogens is 208 g/mol. The highest BCUT2D eigenvalue weighted by Crippen LogP contribution is 2.24. The number of fused-ring (bicyclic) bond motifs is 2. The van der Waals surface area contributed by atoms with Crippen molar-refractivity contribution in [2.24, 2.45) is 0 Å². The van der Waals surface area contributed by atoms with Crippen LogP contribution in [0.3, 0.4) is 0 Å². The number of benzene rings is 2. The van der Waals surface area contributed by atoms with Crippen molar-refractivity contribution in [3.8, 4) is 0 Å². The molecule has 1 aromatic heterocycles. The van der Waals surface area contributed by atoms with Crippen LogP contribution in [0.2, 0.25) is 0 Å². The lowest BCUT2D eigenvalue weighted by atomic mass is 10.1. The van der Waals surface area contributed by atoms with Gasteiger partial charge in [0.25, 0.3) is 0 Å². The molecule has 0 fully saturated rings. The lowest BCUT2D eigenvalue weighted by molar-refractivity contribution is 1.15. The van der Waals surface area contributed by atoms with Gasteiger partial charge in [-0.05, 0) is 42.3 Å². The summed E-state index contributed by atoms with van der Waals surface area (Å²) in [6, 6.07) is 14.4. The first-order valence-electron chi connectivity index (χ1n) is 5.86. The minimum atomic E-state index is 0.791. The Kier molecular flexibility index (Phi) is 2.22. The second-order valence-electron chi connectivity index (χ2n) is 4.28. The largest absolute Gasteiger partial charge is 0.398 e. The normalized spacial score (nSPS) is 11.1. The van der Waals surface area contributed by atoms with E-state index in [4.69, 9.17) is 5.73 Å². The fourth-order valence-electron chi connectivity index (χ4n) is 2.15. The number of hydrogen-bond donors (Lipinski definition) is 1. The molecule has 0 saturated carbocycles. The van der Waals surface area contributed by atoms with Gasteiger partial charge in [0.05, 0.1) is 11.0 Å². The zero-order chi connectivity index (χ0) is 11.8. The highest BCUT2D eigenvalue weighted by Gasteiger charge is 2.02. The van der Waals surface area contributed by atoms with Gasteiger partial charge in [-0.15, -0.1) is 0 Å². The summed E-state index contributed by atoms with van der Waals surface area (Å²) in [6.45, 7) is 2.16. The molecule has 0 amide bonds. The summed E-state index contributed by atoms with van der Waals surface area (Å²) in [7, 11) is 0. The standard InChI is InChI=1S/C15H14N2/c1-2-10-6-7-14-11(8-10)9-12-13(16)4-3-5-15(12)17-14/h3-9H,2,16H2,1H3. The summed E-state index contributed by atoms with van der Waals surface area (Å²) in [6.07, 6.45) is 1.04. The number of nitrogens with zero attached hydrogens (tertiary/aromatic N) is 1. The molecule has 0 atom stereocenters. The number of pyridine rings is 1. The number of aryl methyl sites for hydroxylation is 1. The third kappa shape index (κ3) is 1.62. The third-order valence-electron chi connectivity index (χ3n) is 3.16. The number of nitrogens with two attached hydrogens (primary N) is 1. The molecule has 84 valence electrons. The molecule has 0 spiro atoms. The second kappa shape index (κ2) is 3.74. The summed E-state index contributed by atoms with van der Waals surface area (Å²) in [5.74, 6) is 0. The summed E-state index contributed by atoms with van der Waals surface area (Å²) < 4.78 is 0. The van der Waals surface area contributed by atoms with Gasteiger partial charge in [-0.25, -0.2) is 4.98 Å². The molecule has 2 aromatic carbocycles. The summed E-state index contributed by atoms with van der Waals surface area (Å²) >= 11 is 0. The van der Waals surface area contributed by atoms with Gasteiger partial charge in [0.1, 0.15) is 0 Å². The van der Waals surface area contributed by atoms with Crippen LogP contribution >= 0.6 is 0 Å². The van der Waals surface area contributed by atoms with Crippen LogP contribution in [-0.2, 0) is 6.42 Å². The van der Waals surface area contributed by atoms with Crippen LogP contribution in [0, 0.1) is 0 Å². The van der Waals surface area contributed by atoms with E-state index in [1.807, 2.05) is 18.2 Å². The van der Waals surface area contributed by atoms with E-state index >= 15 is 0 Å². The fraction of sp³-hybridized carbons (Fsp3) is 0.133. The van der Waals surface area contributed by atoms with Crippen molar-refractivity contribution in [3.63, 3.8) is 0 Å². The van der Waals surface area contributed by atoms with Gasteiger partial charge in [-0.1, -0.05) is 19.1 Å². The summed E-state index contributed by atoms with van der Waals surface area (Å²) in [5, 5.41) is 2.20. The Morgan fingerprint density at radius 3 is 2.76 bits per heavy atom. The topological polar surface area (TPSA) is 38.9 Å². The number of aromatic nitrogens is 1. The van der Waals surface area contributed by atoms with E-state index in [0.29, 0.717) is 0 Å². The maximum absolute atomic E-state index is 5.98. The van der Waals surface area contributed by atoms with Gasteiger partial charge in [0.2, 0.25) is 0 Å². The predicted molar refractivity (Wildman–Crippen MR) is 73.0 cm³/mol. The number of hydrogen-bond acceptors (Lipinski definition) is 2. The molecule has 0 bridgehead atoms. The molecule has 2 N–H and O–H groups in total. The molecule has 0 saturated heterocycles. The van der Waals surface area contributed by atoms with Crippen molar-refractivity contribution >= 4 is 27.5 Å². The lowest BCUT2D eigenvalue weighted by Gasteiger charge is -2.05. The van der Waals surface area contributed by atoms with E-state index in [-0.39, 0.29) is 0 Å². The fourth-order valence-corrected chi connectivity index (χ4v) is 2.15. The lowest BCUT2D eigenvalue weighted by Crippen LogP contribution is -1.90. The Hall–Kier alpha value is -2.09. The summed E-state index contributed by atoms with van der Waals surface area (Å²) in [5.41, 5.74) is 10.1. The summed E-state index contributed by atoms with van der Waals surface area (Å²) in [4.78, 5) is 4.63. The third-order valence-corrected chi connectivity index (χ3v) is 3.16. The molecule has 17 heavy (non-hydrogen) atoms. The van der Waals surface area contributed by atoms with Crippen LogP contribution in [0.25, 0.3) is 21.8 Å². The van der Waals surface area contributed by atoms with Crippen LogP contribution in [0.15, 0.2) is 42.5 Å². The Morgan fingerprint density at radius 2 is 1.94 bits per heavy atom. The maximum Gasteiger partial charge on any atom is 0.0730 e. The Bertz CT molecular complexity index is 702. The van der Waals surface area contributed by atoms with Crippen LogP contribution < -0.4 is 5.73 Å². The second-order valence-corrected chi connectivity index (χ2v) is 4.28. The Balaban J connectivity index is 2.40. The molecule has 3 aromatic rings. The molecule has 0 aliphatic rings. The van der Waals surface area contributed by atoms with Crippen LogP contribution in [-0.4, -0.2) is 4.98 Å². The Labute approximate surface area is 100 Å². The quantitative estimate of drug-likeness (QED) is 0.505. The van der Waals surface area contributed by atoms with Crippen molar-refractivity contribution in [1.82, 2.24) is 4.98 Å². The number of anilines is 1. The average Bonchev–Trinajstić information content (AvgIpc) is 2.37. The smallest absolute Gasteiger partial charge is 0.0730 e. The van der Waals surface area contributed by atoms with Crippen molar-refractivity contribution in [2.75, 3.05) is 5.73 Å². The van der Waals surface area contributed by atoms with Crippen molar-refractivity contribution in [2.45, 2.75) is 13.3 Å². The Morgan fingerprint density at radius 1 is 1.06 bits per heavy atom. The van der Waals surface area contributed by atoms with Gasteiger partial charge < -0.3 is 5.73 Å². The molecule has 0 aliphatic heterocycles. The van der Waals surface area contributed by atoms with Gasteiger partial charge in [-0.2, -0.15) is 0 Å². The first kappa shape index (κ1) is 10.1. The van der Waals surface area contributed by atoms with E-state index < -0.39 is 0 Å². The van der Waals surface area contributed by atoms with E-state index in [1.54, 1.807) is 0 Å². The number of rotatable bonds is 1. The zero-order valence-electron chi connectivity index (χ0n) is 9.77. The van der Waals surface area contributed by atoms with Crippen molar-refractivity contribution in [3.05, 3.63) is 48.0 Å². The van der Waals surface area contributed by atoms with Crippen LogP contribution in [0.1, 0.15) is 12.5 Å². The van der Waals surface area contributed by atoms with Crippen molar-refractivity contribution in [1.29, 1.82) is 0 Å². The molecule has 0 unspecified atom stereocenters. The molecule has 0 radical (unpaired) electrons. The molecule has 1 heterocycles. The monoisotopic (exact) mass is 222 g/mol. The van der Waals surface area contributed by atoms with Gasteiger partial charge >= 0.3 is 0 Å². The highest BCUT2D eigenvalue weighted by molar-refractivity contribution is 5.98. The first-order chi connectivity index (χ1) is 8.28. The van der Waals surface area contributed by atoms with Gasteiger partial charge in [0.15, 0.2) is 0 Å². The molecule has 2 nitrogen and oxygen atoms in total. The van der Waals surface area contributed by atoms with Gasteiger partial charge in [0, 0.05) is 16.5 Å². The van der Waals surface area contributed by atoms with Crippen molar-refractivity contribution < 1.29 is 0 Å². The minimum absolute atomic E-state index is 0.791. The molecule has 0 aliphatic carbocycles. The first-order valence-corrected chi connectivity index (χ1v) is 5.86. The molecule has 2 heteroatoms. The SMILES string of the molecule is CCc1ccc2nc3cccc(N)c3cc2c1. The van der Waals surface area contributed by atoms with Gasteiger partial charge in [-0.3, -0.25) is 0 Å². The highest BCUT2D eigenvalue weighted by atomic mass is 14.7. The van der Waals surface area contributed by atoms with E-state index in [1.165, 1.54) is 5.56 Å². The maximum atomic E-state index is 5.98. The van der Waals surface area contributed by atoms with E-state index in [9.17, 15) is 0 Å². The van der Waals surface area contributed by atoms with E-state index in [0.717, 1.165) is 33.9 Å². The molecule has 3 rings (SSSR count). The van der Waals surface area contributed by atoms with Crippen LogP contribution in [0.5, 0.6) is 0 Å². The minimum Gasteiger partial charge on any atom is -0.398 e.